The molecule has 2 N–H and O–H groups in total. The summed E-state index contributed by atoms with van der Waals surface area (Å²) in [5.74, 6) is 0. The summed E-state index contributed by atoms with van der Waals surface area (Å²) in [6.07, 6.45) is 0.952. The molecule has 2 rings (SSSR count). The van der Waals surface area contributed by atoms with Crippen LogP contribution in [0.1, 0.15) is 11.1 Å². The van der Waals surface area contributed by atoms with Gasteiger partial charge in [0.15, 0.2) is 0 Å². The van der Waals surface area contributed by atoms with Crippen molar-refractivity contribution in [2.45, 2.75) is 13.3 Å². The molecule has 1 nitrogen and oxygen atoms in total. The fraction of sp³-hybridized carbons (Fsp3) is 0.200. The van der Waals surface area contributed by atoms with Gasteiger partial charge < -0.3 is 5.73 Å². The van der Waals surface area contributed by atoms with E-state index in [0.717, 1.165) is 6.42 Å². The molecule has 0 saturated heterocycles. The lowest BCUT2D eigenvalue weighted by Gasteiger charge is -2.06. The quantitative estimate of drug-likeness (QED) is 0.829. The molecule has 0 heterocycles. The van der Waals surface area contributed by atoms with Gasteiger partial charge in [-0.3, -0.25) is 0 Å². The molecule has 0 radical (unpaired) electrons. The van der Waals surface area contributed by atoms with Crippen molar-refractivity contribution >= 4 is 0 Å². The summed E-state index contributed by atoms with van der Waals surface area (Å²) in [6.45, 7) is 2.85. The monoisotopic (exact) mass is 211 g/mol. The van der Waals surface area contributed by atoms with Crippen LogP contribution in [0.15, 0.2) is 48.5 Å². The maximum absolute atomic E-state index is 5.53. The maximum atomic E-state index is 5.53. The molecule has 82 valence electrons. The molecule has 0 fully saturated rings. The van der Waals surface area contributed by atoms with Gasteiger partial charge >= 0.3 is 0 Å². The van der Waals surface area contributed by atoms with Crippen molar-refractivity contribution in [1.82, 2.24) is 0 Å². The average Bonchev–Trinajstić information content (AvgIpc) is 2.31. The van der Waals surface area contributed by atoms with Crippen LogP contribution >= 0.6 is 0 Å². The second-order valence-electron chi connectivity index (χ2n) is 4.05. The van der Waals surface area contributed by atoms with Gasteiger partial charge in [-0.2, -0.15) is 0 Å². The number of aryl methyl sites for hydroxylation is 1. The first-order valence-electron chi connectivity index (χ1n) is 5.66. The summed E-state index contributed by atoms with van der Waals surface area (Å²) in [7, 11) is 0. The van der Waals surface area contributed by atoms with E-state index in [1.807, 2.05) is 0 Å². The minimum Gasteiger partial charge on any atom is -0.330 e. The standard InChI is InChI=1S/C15H17N/c1-12-4-2-3-5-15(12)14-8-6-13(7-9-14)10-11-16/h2-9H,10-11,16H2,1H3. The minimum atomic E-state index is 0.712. The van der Waals surface area contributed by atoms with Gasteiger partial charge in [-0.15, -0.1) is 0 Å². The average molecular weight is 211 g/mol. The van der Waals surface area contributed by atoms with Crippen LogP contribution in [0.3, 0.4) is 0 Å². The van der Waals surface area contributed by atoms with E-state index in [-0.39, 0.29) is 0 Å². The Morgan fingerprint density at radius 3 is 2.25 bits per heavy atom. The lowest BCUT2D eigenvalue weighted by Crippen LogP contribution is -2.02. The smallest absolute Gasteiger partial charge is 0.00367 e. The van der Waals surface area contributed by atoms with Crippen LogP contribution in [0.5, 0.6) is 0 Å². The fourth-order valence-electron chi connectivity index (χ4n) is 1.91. The van der Waals surface area contributed by atoms with Gasteiger partial charge in [0, 0.05) is 0 Å². The molecule has 1 heteroatoms. The number of benzene rings is 2. The predicted molar refractivity (Wildman–Crippen MR) is 69.4 cm³/mol. The van der Waals surface area contributed by atoms with Crippen LogP contribution in [-0.2, 0) is 6.42 Å². The first kappa shape index (κ1) is 10.9. The lowest BCUT2D eigenvalue weighted by atomic mass is 9.99. The molecule has 0 aromatic heterocycles. The largest absolute Gasteiger partial charge is 0.330 e. The summed E-state index contributed by atoms with van der Waals surface area (Å²) in [4.78, 5) is 0. The normalized spacial score (nSPS) is 10.4. The Morgan fingerprint density at radius 2 is 1.62 bits per heavy atom. The minimum absolute atomic E-state index is 0.712. The van der Waals surface area contributed by atoms with Crippen LogP contribution < -0.4 is 5.73 Å². The van der Waals surface area contributed by atoms with E-state index >= 15 is 0 Å². The maximum Gasteiger partial charge on any atom is -0.00367 e. The number of rotatable bonds is 3. The summed E-state index contributed by atoms with van der Waals surface area (Å²) in [5, 5.41) is 0. The SMILES string of the molecule is Cc1ccccc1-c1ccc(CCN)cc1. The lowest BCUT2D eigenvalue weighted by molar-refractivity contribution is 0.969. The molecule has 0 amide bonds. The fourth-order valence-corrected chi connectivity index (χ4v) is 1.91. The Labute approximate surface area is 96.9 Å². The van der Waals surface area contributed by atoms with Crippen LogP contribution in [0.2, 0.25) is 0 Å². The molecular weight excluding hydrogens is 194 g/mol. The first-order chi connectivity index (χ1) is 7.81. The Bertz CT molecular complexity index is 457. The third-order valence-electron chi connectivity index (χ3n) is 2.84. The summed E-state index contributed by atoms with van der Waals surface area (Å²) < 4.78 is 0. The third-order valence-corrected chi connectivity index (χ3v) is 2.84. The van der Waals surface area contributed by atoms with E-state index in [9.17, 15) is 0 Å². The Morgan fingerprint density at radius 1 is 0.938 bits per heavy atom. The first-order valence-corrected chi connectivity index (χ1v) is 5.66. The highest BCUT2D eigenvalue weighted by Gasteiger charge is 2.00. The highest BCUT2D eigenvalue weighted by molar-refractivity contribution is 5.67. The molecule has 0 bridgehead atoms. The zero-order valence-electron chi connectivity index (χ0n) is 9.61. The van der Waals surface area contributed by atoms with Crippen LogP contribution in [-0.4, -0.2) is 6.54 Å². The van der Waals surface area contributed by atoms with Crippen molar-refractivity contribution in [3.8, 4) is 11.1 Å². The highest BCUT2D eigenvalue weighted by atomic mass is 14.5. The summed E-state index contributed by atoms with van der Waals surface area (Å²) in [5.41, 5.74) is 10.7. The molecule has 2 aromatic rings. The van der Waals surface area contributed by atoms with Crippen LogP contribution in [0, 0.1) is 6.92 Å². The molecule has 2 aromatic carbocycles. The molecule has 0 spiro atoms. The topological polar surface area (TPSA) is 26.0 Å². The number of hydrogen-bond acceptors (Lipinski definition) is 1. The zero-order chi connectivity index (χ0) is 11.4. The second-order valence-corrected chi connectivity index (χ2v) is 4.05. The van der Waals surface area contributed by atoms with Crippen molar-refractivity contribution in [2.75, 3.05) is 6.54 Å². The van der Waals surface area contributed by atoms with Crippen molar-refractivity contribution in [3.05, 3.63) is 59.7 Å². The number of nitrogens with two attached hydrogens (primary N) is 1. The van der Waals surface area contributed by atoms with E-state index < -0.39 is 0 Å². The molecule has 0 atom stereocenters. The Hall–Kier alpha value is -1.60. The molecule has 0 aliphatic carbocycles. The van der Waals surface area contributed by atoms with Crippen molar-refractivity contribution in [2.24, 2.45) is 5.73 Å². The second kappa shape index (κ2) is 4.95. The van der Waals surface area contributed by atoms with Crippen molar-refractivity contribution in [3.63, 3.8) is 0 Å². The van der Waals surface area contributed by atoms with Crippen molar-refractivity contribution < 1.29 is 0 Å². The van der Waals surface area contributed by atoms with Gasteiger partial charge in [-0.05, 0) is 42.1 Å². The molecule has 0 saturated carbocycles. The van der Waals surface area contributed by atoms with E-state index in [4.69, 9.17) is 5.73 Å². The van der Waals surface area contributed by atoms with Crippen LogP contribution in [0.4, 0.5) is 0 Å². The van der Waals surface area contributed by atoms with E-state index in [0.29, 0.717) is 6.54 Å². The third kappa shape index (κ3) is 2.31. The van der Waals surface area contributed by atoms with Gasteiger partial charge in [-0.25, -0.2) is 0 Å². The van der Waals surface area contributed by atoms with E-state index in [1.54, 1.807) is 0 Å². The Kier molecular flexibility index (Phi) is 3.37. The summed E-state index contributed by atoms with van der Waals surface area (Å²) in [6, 6.07) is 17.1. The predicted octanol–water partition coefficient (Wildman–Crippen LogP) is 3.16. The van der Waals surface area contributed by atoms with Gasteiger partial charge in [0.05, 0.1) is 0 Å². The highest BCUT2D eigenvalue weighted by Crippen LogP contribution is 2.23. The molecule has 16 heavy (non-hydrogen) atoms. The van der Waals surface area contributed by atoms with Gasteiger partial charge in [-0.1, -0.05) is 48.5 Å². The van der Waals surface area contributed by atoms with Gasteiger partial charge in [0.25, 0.3) is 0 Å². The summed E-state index contributed by atoms with van der Waals surface area (Å²) >= 11 is 0. The van der Waals surface area contributed by atoms with E-state index in [2.05, 4.69) is 55.5 Å². The molecule has 0 aliphatic rings. The molecule has 0 aliphatic heterocycles. The van der Waals surface area contributed by atoms with E-state index in [1.165, 1.54) is 22.3 Å². The Balaban J connectivity index is 2.31. The zero-order valence-corrected chi connectivity index (χ0v) is 9.61. The van der Waals surface area contributed by atoms with Crippen LogP contribution in [0.25, 0.3) is 11.1 Å². The van der Waals surface area contributed by atoms with Gasteiger partial charge in [0.2, 0.25) is 0 Å². The van der Waals surface area contributed by atoms with Crippen molar-refractivity contribution in [1.29, 1.82) is 0 Å². The van der Waals surface area contributed by atoms with Gasteiger partial charge in [0.1, 0.15) is 0 Å². The molecule has 0 unspecified atom stereocenters. The number of hydrogen-bond donors (Lipinski definition) is 1. The molecular formula is C15H17N.